The third kappa shape index (κ3) is 3.72. The van der Waals surface area contributed by atoms with Gasteiger partial charge in [0.15, 0.2) is 0 Å². The van der Waals surface area contributed by atoms with E-state index in [1.165, 1.54) is 12.1 Å². The number of rotatable bonds is 4. The first kappa shape index (κ1) is 15.8. The number of alkyl halides is 3. The second-order valence-corrected chi connectivity index (χ2v) is 4.68. The van der Waals surface area contributed by atoms with Gasteiger partial charge >= 0.3 is 12.1 Å². The van der Waals surface area contributed by atoms with E-state index in [0.717, 1.165) is 12.1 Å². The zero-order valence-corrected chi connectivity index (χ0v) is 11.2. The molecule has 22 heavy (non-hydrogen) atoms. The average Bonchev–Trinajstić information content (AvgIpc) is 2.47. The van der Waals surface area contributed by atoms with E-state index in [9.17, 15) is 22.8 Å². The number of carboxylic acids is 1. The Bertz CT molecular complexity index is 686. The van der Waals surface area contributed by atoms with Crippen LogP contribution < -0.4 is 0 Å². The van der Waals surface area contributed by atoms with E-state index < -0.39 is 23.5 Å². The minimum atomic E-state index is -4.38. The Balaban J connectivity index is 2.17. The molecule has 0 aliphatic carbocycles. The van der Waals surface area contributed by atoms with Gasteiger partial charge in [-0.1, -0.05) is 36.4 Å². The largest absolute Gasteiger partial charge is 0.475 e. The van der Waals surface area contributed by atoms with E-state index in [2.05, 4.69) is 0 Å². The molecule has 114 valence electrons. The summed E-state index contributed by atoms with van der Waals surface area (Å²) in [5.74, 6) is -2.41. The predicted octanol–water partition coefficient (Wildman–Crippen LogP) is 3.57. The van der Waals surface area contributed by atoms with Gasteiger partial charge in [0.05, 0.1) is 5.56 Å². The molecule has 0 atom stereocenters. The number of aliphatic carboxylic acids is 1. The molecule has 0 radical (unpaired) electrons. The number of carbonyl (C=O) groups excluding carboxylic acids is 1. The van der Waals surface area contributed by atoms with Gasteiger partial charge in [0.2, 0.25) is 5.78 Å². The number of hydrogen-bond donors (Lipinski definition) is 1. The van der Waals surface area contributed by atoms with Crippen molar-refractivity contribution >= 4 is 11.8 Å². The summed E-state index contributed by atoms with van der Waals surface area (Å²) < 4.78 is 37.4. The van der Waals surface area contributed by atoms with Crippen LogP contribution in [0.3, 0.4) is 0 Å². The molecule has 0 aliphatic heterocycles. The molecule has 0 unspecified atom stereocenters. The SMILES string of the molecule is O=C(O)C(=O)Cc1ccc(-c2ccc(C(F)(F)F)cc2)cc1. The molecule has 1 N–H and O–H groups in total. The number of benzene rings is 2. The van der Waals surface area contributed by atoms with Gasteiger partial charge < -0.3 is 5.11 Å². The molecule has 0 heterocycles. The van der Waals surface area contributed by atoms with Crippen LogP contribution in [0, 0.1) is 0 Å². The molecule has 0 bridgehead atoms. The van der Waals surface area contributed by atoms with Crippen molar-refractivity contribution in [3.8, 4) is 11.1 Å². The van der Waals surface area contributed by atoms with Crippen LogP contribution in [0.4, 0.5) is 13.2 Å². The van der Waals surface area contributed by atoms with Gasteiger partial charge in [-0.05, 0) is 28.8 Å². The van der Waals surface area contributed by atoms with Crippen LogP contribution in [0.1, 0.15) is 11.1 Å². The molecule has 0 saturated carbocycles. The Morgan fingerprint density at radius 2 is 1.32 bits per heavy atom. The highest BCUT2D eigenvalue weighted by Gasteiger charge is 2.29. The second-order valence-electron chi connectivity index (χ2n) is 4.68. The van der Waals surface area contributed by atoms with E-state index in [4.69, 9.17) is 5.11 Å². The van der Waals surface area contributed by atoms with Crippen molar-refractivity contribution in [3.05, 3.63) is 59.7 Å². The second kappa shape index (κ2) is 6.01. The number of ketones is 1. The molecule has 2 aromatic carbocycles. The summed E-state index contributed by atoms with van der Waals surface area (Å²) in [5, 5.41) is 8.53. The highest BCUT2D eigenvalue weighted by molar-refractivity contribution is 6.33. The fraction of sp³-hybridized carbons (Fsp3) is 0.125. The van der Waals surface area contributed by atoms with Gasteiger partial charge in [0.25, 0.3) is 0 Å². The maximum Gasteiger partial charge on any atom is 0.416 e. The number of carboxylic acid groups (broad SMARTS) is 1. The van der Waals surface area contributed by atoms with Gasteiger partial charge in [0.1, 0.15) is 0 Å². The lowest BCUT2D eigenvalue weighted by molar-refractivity contribution is -0.148. The number of hydrogen-bond acceptors (Lipinski definition) is 2. The lowest BCUT2D eigenvalue weighted by Crippen LogP contribution is -2.14. The Morgan fingerprint density at radius 1 is 0.864 bits per heavy atom. The monoisotopic (exact) mass is 308 g/mol. The van der Waals surface area contributed by atoms with E-state index in [0.29, 0.717) is 16.7 Å². The fourth-order valence-electron chi connectivity index (χ4n) is 1.93. The van der Waals surface area contributed by atoms with Crippen molar-refractivity contribution in [1.82, 2.24) is 0 Å². The summed E-state index contributed by atoms with van der Waals surface area (Å²) in [6.07, 6.45) is -4.60. The average molecular weight is 308 g/mol. The molecule has 2 aromatic rings. The molecule has 0 fully saturated rings. The third-order valence-corrected chi connectivity index (χ3v) is 3.10. The Labute approximate surface area is 124 Å². The van der Waals surface area contributed by atoms with Crippen molar-refractivity contribution in [2.75, 3.05) is 0 Å². The van der Waals surface area contributed by atoms with Crippen LogP contribution in [-0.4, -0.2) is 16.9 Å². The van der Waals surface area contributed by atoms with Crippen molar-refractivity contribution in [2.24, 2.45) is 0 Å². The van der Waals surface area contributed by atoms with E-state index in [1.54, 1.807) is 24.3 Å². The number of halogens is 3. The molecule has 2 rings (SSSR count). The zero-order valence-electron chi connectivity index (χ0n) is 11.2. The highest BCUT2D eigenvalue weighted by Crippen LogP contribution is 2.31. The van der Waals surface area contributed by atoms with Crippen LogP contribution in [0.5, 0.6) is 0 Å². The fourth-order valence-corrected chi connectivity index (χ4v) is 1.93. The summed E-state index contributed by atoms with van der Waals surface area (Å²) in [5.41, 5.74) is 1.09. The van der Waals surface area contributed by atoms with Gasteiger partial charge in [-0.15, -0.1) is 0 Å². The predicted molar refractivity (Wildman–Crippen MR) is 73.2 cm³/mol. The van der Waals surface area contributed by atoms with Gasteiger partial charge in [0, 0.05) is 6.42 Å². The van der Waals surface area contributed by atoms with E-state index in [-0.39, 0.29) is 6.42 Å². The minimum Gasteiger partial charge on any atom is -0.475 e. The molecule has 0 aliphatic rings. The molecule has 0 aromatic heterocycles. The Kier molecular flexibility index (Phi) is 4.30. The first-order chi connectivity index (χ1) is 10.3. The lowest BCUT2D eigenvalue weighted by Gasteiger charge is -2.08. The molecule has 0 amide bonds. The Hall–Kier alpha value is -2.63. The van der Waals surface area contributed by atoms with Gasteiger partial charge in [-0.3, -0.25) is 4.79 Å². The summed E-state index contributed by atoms with van der Waals surface area (Å²) in [7, 11) is 0. The standard InChI is InChI=1S/C16H11F3O3/c17-16(18,19)13-7-5-12(6-8-13)11-3-1-10(2-4-11)9-14(20)15(21)22/h1-8H,9H2,(H,21,22). The molecular formula is C16H11F3O3. The first-order valence-electron chi connectivity index (χ1n) is 6.30. The van der Waals surface area contributed by atoms with Crippen LogP contribution in [0.25, 0.3) is 11.1 Å². The molecule has 0 spiro atoms. The number of Topliss-reactive ketones (excluding diaryl/α,β-unsaturated/α-hetero) is 1. The van der Waals surface area contributed by atoms with Crippen molar-refractivity contribution in [3.63, 3.8) is 0 Å². The quantitative estimate of drug-likeness (QED) is 0.879. The molecule has 0 saturated heterocycles. The summed E-state index contributed by atoms with van der Waals surface area (Å²) in [6.45, 7) is 0. The van der Waals surface area contributed by atoms with Crippen LogP contribution in [-0.2, 0) is 22.2 Å². The van der Waals surface area contributed by atoms with Crippen molar-refractivity contribution in [1.29, 1.82) is 0 Å². The minimum absolute atomic E-state index is 0.220. The number of carbonyl (C=O) groups is 2. The summed E-state index contributed by atoms with van der Waals surface area (Å²) in [6, 6.07) is 11.1. The summed E-state index contributed by atoms with van der Waals surface area (Å²) in [4.78, 5) is 21.6. The zero-order chi connectivity index (χ0) is 16.3. The third-order valence-electron chi connectivity index (χ3n) is 3.10. The van der Waals surface area contributed by atoms with Crippen molar-refractivity contribution < 1.29 is 27.9 Å². The van der Waals surface area contributed by atoms with E-state index in [1.807, 2.05) is 0 Å². The summed E-state index contributed by atoms with van der Waals surface area (Å²) >= 11 is 0. The topological polar surface area (TPSA) is 54.4 Å². The van der Waals surface area contributed by atoms with Gasteiger partial charge in [-0.2, -0.15) is 13.2 Å². The molecule has 6 heteroatoms. The van der Waals surface area contributed by atoms with Crippen LogP contribution >= 0.6 is 0 Å². The maximum atomic E-state index is 12.5. The normalized spacial score (nSPS) is 11.2. The van der Waals surface area contributed by atoms with Crippen LogP contribution in [0.2, 0.25) is 0 Å². The first-order valence-corrected chi connectivity index (χ1v) is 6.30. The van der Waals surface area contributed by atoms with E-state index >= 15 is 0 Å². The highest BCUT2D eigenvalue weighted by atomic mass is 19.4. The maximum absolute atomic E-state index is 12.5. The Morgan fingerprint density at radius 3 is 1.73 bits per heavy atom. The smallest absolute Gasteiger partial charge is 0.416 e. The van der Waals surface area contributed by atoms with Crippen molar-refractivity contribution in [2.45, 2.75) is 12.6 Å². The van der Waals surface area contributed by atoms with Crippen LogP contribution in [0.15, 0.2) is 48.5 Å². The molecule has 3 nitrogen and oxygen atoms in total. The van der Waals surface area contributed by atoms with Gasteiger partial charge in [-0.25, -0.2) is 4.79 Å². The lowest BCUT2D eigenvalue weighted by atomic mass is 10.0. The molecular weight excluding hydrogens is 297 g/mol.